The Labute approximate surface area is 121 Å². The first-order valence-electron chi connectivity index (χ1n) is 6.19. The normalized spacial score (nSPS) is 12.6. The summed E-state index contributed by atoms with van der Waals surface area (Å²) < 4.78 is 1.21. The molecule has 1 aromatic heterocycles. The van der Waals surface area contributed by atoms with Gasteiger partial charge in [-0.25, -0.2) is 0 Å². The van der Waals surface area contributed by atoms with Gasteiger partial charge in [-0.1, -0.05) is 24.3 Å². The highest BCUT2D eigenvalue weighted by atomic mass is 79.9. The fourth-order valence-corrected chi connectivity index (χ4v) is 3.77. The quantitative estimate of drug-likeness (QED) is 0.840. The molecule has 0 saturated heterocycles. The summed E-state index contributed by atoms with van der Waals surface area (Å²) in [5, 5.41) is 5.71. The molecule has 0 aliphatic heterocycles. The monoisotopic (exact) mass is 323 g/mol. The van der Waals surface area contributed by atoms with E-state index in [1.54, 1.807) is 11.3 Å². The van der Waals surface area contributed by atoms with Crippen LogP contribution >= 0.6 is 27.3 Å². The molecule has 0 saturated carbocycles. The van der Waals surface area contributed by atoms with E-state index in [0.29, 0.717) is 6.04 Å². The molecular weight excluding hydrogens is 306 g/mol. The van der Waals surface area contributed by atoms with Gasteiger partial charge in [0.2, 0.25) is 0 Å². The average Bonchev–Trinajstić information content (AvgIpc) is 2.78. The smallest absolute Gasteiger partial charge is 0.0397 e. The molecule has 0 fully saturated rings. The van der Waals surface area contributed by atoms with Crippen LogP contribution in [0, 0.1) is 6.92 Å². The second-order valence-corrected chi connectivity index (χ2v) is 6.29. The Kier molecular flexibility index (Phi) is 4.98. The molecule has 1 aromatic carbocycles. The Morgan fingerprint density at radius 1 is 1.28 bits per heavy atom. The van der Waals surface area contributed by atoms with Crippen molar-refractivity contribution in [3.63, 3.8) is 0 Å². The van der Waals surface area contributed by atoms with E-state index < -0.39 is 0 Å². The molecule has 1 N–H and O–H groups in total. The van der Waals surface area contributed by atoms with Gasteiger partial charge in [-0.05, 0) is 65.3 Å². The minimum Gasteiger partial charge on any atom is -0.309 e. The number of hydrogen-bond acceptors (Lipinski definition) is 2. The molecule has 0 spiro atoms. The second kappa shape index (κ2) is 6.50. The molecule has 1 unspecified atom stereocenters. The van der Waals surface area contributed by atoms with Gasteiger partial charge in [-0.2, -0.15) is 0 Å². The van der Waals surface area contributed by atoms with E-state index in [2.05, 4.69) is 70.8 Å². The fraction of sp³-hybridized carbons (Fsp3) is 0.333. The average molecular weight is 324 g/mol. The predicted molar refractivity (Wildman–Crippen MR) is 83.3 cm³/mol. The molecule has 0 radical (unpaired) electrons. The first-order chi connectivity index (χ1) is 8.68. The van der Waals surface area contributed by atoms with Gasteiger partial charge in [-0.15, -0.1) is 11.3 Å². The summed E-state index contributed by atoms with van der Waals surface area (Å²) in [4.78, 5) is 1.37. The fourth-order valence-electron chi connectivity index (χ4n) is 2.02. The third kappa shape index (κ3) is 3.44. The van der Waals surface area contributed by atoms with Crippen molar-refractivity contribution in [2.45, 2.75) is 26.3 Å². The van der Waals surface area contributed by atoms with Crippen LogP contribution in [0.2, 0.25) is 0 Å². The molecule has 1 nitrogen and oxygen atoms in total. The molecule has 1 heterocycles. The summed E-state index contributed by atoms with van der Waals surface area (Å²) in [6.07, 6.45) is 1.08. The summed E-state index contributed by atoms with van der Waals surface area (Å²) >= 11 is 5.38. The zero-order valence-corrected chi connectivity index (χ0v) is 13.1. The second-order valence-electron chi connectivity index (χ2n) is 4.49. The van der Waals surface area contributed by atoms with E-state index in [9.17, 15) is 0 Å². The lowest BCUT2D eigenvalue weighted by Gasteiger charge is -2.13. The Hall–Kier alpha value is -0.640. The van der Waals surface area contributed by atoms with Crippen LogP contribution in [0.3, 0.4) is 0 Å². The molecule has 96 valence electrons. The van der Waals surface area contributed by atoms with Crippen molar-refractivity contribution in [2.75, 3.05) is 6.54 Å². The highest BCUT2D eigenvalue weighted by Gasteiger charge is 2.09. The van der Waals surface area contributed by atoms with Crippen LogP contribution in [0.15, 0.2) is 40.2 Å². The van der Waals surface area contributed by atoms with Crippen molar-refractivity contribution < 1.29 is 0 Å². The van der Waals surface area contributed by atoms with Crippen LogP contribution in [-0.2, 0) is 6.42 Å². The standard InChI is InChI=1S/C15H18BrNS/c1-11-5-3-4-6-13(11)7-9-17-12(2)15-14(16)8-10-18-15/h3-6,8,10,12,17H,7,9H2,1-2H3. The van der Waals surface area contributed by atoms with Gasteiger partial charge >= 0.3 is 0 Å². The number of aryl methyl sites for hydroxylation is 1. The van der Waals surface area contributed by atoms with Gasteiger partial charge in [0.25, 0.3) is 0 Å². The highest BCUT2D eigenvalue weighted by molar-refractivity contribution is 9.10. The van der Waals surface area contributed by atoms with Crippen molar-refractivity contribution in [2.24, 2.45) is 0 Å². The molecule has 0 amide bonds. The summed E-state index contributed by atoms with van der Waals surface area (Å²) in [5.74, 6) is 0. The number of nitrogens with one attached hydrogen (secondary N) is 1. The van der Waals surface area contributed by atoms with Crippen LogP contribution in [-0.4, -0.2) is 6.54 Å². The van der Waals surface area contributed by atoms with E-state index in [4.69, 9.17) is 0 Å². The van der Waals surface area contributed by atoms with Gasteiger partial charge in [0.1, 0.15) is 0 Å². The lowest BCUT2D eigenvalue weighted by atomic mass is 10.1. The number of hydrogen-bond donors (Lipinski definition) is 1. The molecule has 0 bridgehead atoms. The van der Waals surface area contributed by atoms with Crippen LogP contribution in [0.5, 0.6) is 0 Å². The third-order valence-corrected chi connectivity index (χ3v) is 5.20. The van der Waals surface area contributed by atoms with Gasteiger partial charge in [0, 0.05) is 15.4 Å². The van der Waals surface area contributed by atoms with E-state index in [1.165, 1.54) is 20.5 Å². The van der Waals surface area contributed by atoms with Crippen LogP contribution in [0.4, 0.5) is 0 Å². The highest BCUT2D eigenvalue weighted by Crippen LogP contribution is 2.28. The molecule has 0 aliphatic carbocycles. The van der Waals surface area contributed by atoms with Crippen LogP contribution in [0.1, 0.15) is 29.0 Å². The summed E-state index contributed by atoms with van der Waals surface area (Å²) in [5.41, 5.74) is 2.81. The maximum atomic E-state index is 3.59. The maximum absolute atomic E-state index is 3.59. The third-order valence-electron chi connectivity index (χ3n) is 3.14. The lowest BCUT2D eigenvalue weighted by molar-refractivity contribution is 0.582. The van der Waals surface area contributed by atoms with Crippen molar-refractivity contribution in [1.82, 2.24) is 5.32 Å². The Morgan fingerprint density at radius 3 is 2.72 bits per heavy atom. The zero-order valence-electron chi connectivity index (χ0n) is 10.7. The van der Waals surface area contributed by atoms with Crippen molar-refractivity contribution in [3.05, 3.63) is 56.2 Å². The number of benzene rings is 1. The van der Waals surface area contributed by atoms with E-state index in [0.717, 1.165) is 13.0 Å². The Balaban J connectivity index is 1.86. The maximum Gasteiger partial charge on any atom is 0.0397 e. The Bertz CT molecular complexity index is 507. The van der Waals surface area contributed by atoms with Crippen molar-refractivity contribution in [3.8, 4) is 0 Å². The van der Waals surface area contributed by atoms with Crippen molar-refractivity contribution >= 4 is 27.3 Å². The van der Waals surface area contributed by atoms with E-state index in [1.807, 2.05) is 0 Å². The summed E-state index contributed by atoms with van der Waals surface area (Å²) in [6, 6.07) is 11.1. The molecule has 1 atom stereocenters. The van der Waals surface area contributed by atoms with Gasteiger partial charge < -0.3 is 5.32 Å². The SMILES string of the molecule is Cc1ccccc1CCNC(C)c1sccc1Br. The predicted octanol–water partition coefficient (Wildman–Crippen LogP) is 4.71. The summed E-state index contributed by atoms with van der Waals surface area (Å²) in [7, 11) is 0. The Morgan fingerprint density at radius 2 is 2.06 bits per heavy atom. The topological polar surface area (TPSA) is 12.0 Å². The lowest BCUT2D eigenvalue weighted by Crippen LogP contribution is -2.21. The van der Waals surface area contributed by atoms with Gasteiger partial charge in [0.05, 0.1) is 0 Å². The van der Waals surface area contributed by atoms with Crippen LogP contribution in [0.25, 0.3) is 0 Å². The zero-order chi connectivity index (χ0) is 13.0. The first-order valence-corrected chi connectivity index (χ1v) is 7.86. The number of thiophene rings is 1. The van der Waals surface area contributed by atoms with Gasteiger partial charge in [-0.3, -0.25) is 0 Å². The van der Waals surface area contributed by atoms with E-state index >= 15 is 0 Å². The molecule has 3 heteroatoms. The van der Waals surface area contributed by atoms with Gasteiger partial charge in [0.15, 0.2) is 0 Å². The van der Waals surface area contributed by atoms with Crippen LogP contribution < -0.4 is 5.32 Å². The number of rotatable bonds is 5. The molecular formula is C15H18BrNS. The molecule has 0 aliphatic rings. The summed E-state index contributed by atoms with van der Waals surface area (Å²) in [6.45, 7) is 5.40. The number of halogens is 1. The minimum atomic E-state index is 0.406. The minimum absolute atomic E-state index is 0.406. The van der Waals surface area contributed by atoms with E-state index in [-0.39, 0.29) is 0 Å². The van der Waals surface area contributed by atoms with Crippen molar-refractivity contribution in [1.29, 1.82) is 0 Å². The molecule has 2 aromatic rings. The largest absolute Gasteiger partial charge is 0.309 e. The molecule has 18 heavy (non-hydrogen) atoms. The molecule has 2 rings (SSSR count). The first kappa shape index (κ1) is 13.8.